The Kier molecular flexibility index (Phi) is 3.66. The summed E-state index contributed by atoms with van der Waals surface area (Å²) in [6.45, 7) is 8.32. The Morgan fingerprint density at radius 3 is 2.20 bits per heavy atom. The molecule has 0 aromatic carbocycles. The van der Waals surface area contributed by atoms with Crippen LogP contribution in [0.25, 0.3) is 0 Å². The predicted molar refractivity (Wildman–Crippen MR) is 44.9 cm³/mol. The predicted octanol–water partition coefficient (Wildman–Crippen LogP) is 2.36. The van der Waals surface area contributed by atoms with E-state index in [1.807, 2.05) is 19.1 Å². The first kappa shape index (κ1) is 9.70. The van der Waals surface area contributed by atoms with Crippen LogP contribution in [0.3, 0.4) is 0 Å². The van der Waals surface area contributed by atoms with Gasteiger partial charge in [0.1, 0.15) is 0 Å². The molecule has 0 heterocycles. The lowest BCUT2D eigenvalue weighted by atomic mass is 9.95. The van der Waals surface area contributed by atoms with Crippen molar-refractivity contribution in [3.63, 3.8) is 0 Å². The fourth-order valence-electron chi connectivity index (χ4n) is 0.536. The second kappa shape index (κ2) is 3.77. The summed E-state index contributed by atoms with van der Waals surface area (Å²) in [5.41, 5.74) is 0.191. The van der Waals surface area contributed by atoms with Gasteiger partial charge >= 0.3 is 0 Å². The van der Waals surface area contributed by atoms with Gasteiger partial charge in [-0.1, -0.05) is 39.8 Å². The van der Waals surface area contributed by atoms with Crippen LogP contribution in [-0.2, 0) is 0 Å². The van der Waals surface area contributed by atoms with Gasteiger partial charge in [-0.2, -0.15) is 0 Å². The highest BCUT2D eigenvalue weighted by Gasteiger charge is 2.04. The smallest absolute Gasteiger partial charge is 0.0718 e. The van der Waals surface area contributed by atoms with Crippen LogP contribution in [0, 0.1) is 5.41 Å². The summed E-state index contributed by atoms with van der Waals surface area (Å²) < 4.78 is 0. The molecular formula is C9H18O. The first-order chi connectivity index (χ1) is 4.45. The van der Waals surface area contributed by atoms with Gasteiger partial charge in [0.2, 0.25) is 0 Å². The van der Waals surface area contributed by atoms with Crippen LogP contribution in [-0.4, -0.2) is 11.2 Å². The zero-order valence-corrected chi connectivity index (χ0v) is 7.39. The number of hydrogen-bond donors (Lipinski definition) is 1. The van der Waals surface area contributed by atoms with Crippen molar-refractivity contribution in [3.05, 3.63) is 12.2 Å². The van der Waals surface area contributed by atoms with Crippen LogP contribution in [0.2, 0.25) is 0 Å². The molecule has 0 aliphatic heterocycles. The van der Waals surface area contributed by atoms with E-state index >= 15 is 0 Å². The van der Waals surface area contributed by atoms with Crippen LogP contribution < -0.4 is 0 Å². The Labute approximate surface area is 63.8 Å². The highest BCUT2D eigenvalue weighted by molar-refractivity contribution is 4.95. The molecule has 0 fully saturated rings. The second-order valence-corrected chi connectivity index (χ2v) is 3.70. The summed E-state index contributed by atoms with van der Waals surface area (Å²) in [4.78, 5) is 0. The number of aliphatic hydroxyl groups excluding tert-OH is 1. The monoisotopic (exact) mass is 142 g/mol. The summed E-state index contributed by atoms with van der Waals surface area (Å²) in [5, 5.41) is 9.13. The zero-order valence-electron chi connectivity index (χ0n) is 7.39. The van der Waals surface area contributed by atoms with Crippen molar-refractivity contribution < 1.29 is 5.11 Å². The molecule has 0 saturated carbocycles. The van der Waals surface area contributed by atoms with Gasteiger partial charge in [-0.05, 0) is 11.8 Å². The Morgan fingerprint density at radius 1 is 1.40 bits per heavy atom. The maximum absolute atomic E-state index is 9.13. The van der Waals surface area contributed by atoms with Gasteiger partial charge < -0.3 is 5.11 Å². The van der Waals surface area contributed by atoms with E-state index in [1.165, 1.54) is 0 Å². The Morgan fingerprint density at radius 2 is 1.90 bits per heavy atom. The number of aliphatic hydroxyl groups is 1. The molecular weight excluding hydrogens is 124 g/mol. The van der Waals surface area contributed by atoms with Crippen LogP contribution in [0.1, 0.15) is 34.1 Å². The van der Waals surface area contributed by atoms with E-state index in [0.29, 0.717) is 0 Å². The molecule has 1 nitrogen and oxygen atoms in total. The molecule has 0 aliphatic carbocycles. The van der Waals surface area contributed by atoms with Crippen molar-refractivity contribution in [2.75, 3.05) is 0 Å². The molecule has 0 amide bonds. The van der Waals surface area contributed by atoms with Gasteiger partial charge in [0.25, 0.3) is 0 Å². The van der Waals surface area contributed by atoms with E-state index in [1.54, 1.807) is 0 Å². The fourth-order valence-corrected chi connectivity index (χ4v) is 0.536. The average Bonchev–Trinajstić information content (AvgIpc) is 1.81. The molecule has 1 atom stereocenters. The lowest BCUT2D eigenvalue weighted by Gasteiger charge is -2.12. The van der Waals surface area contributed by atoms with Crippen molar-refractivity contribution >= 4 is 0 Å². The normalized spacial score (nSPS) is 16.1. The molecule has 0 spiro atoms. The molecule has 0 aliphatic rings. The Hall–Kier alpha value is -0.300. The van der Waals surface area contributed by atoms with Crippen molar-refractivity contribution in [2.45, 2.75) is 40.2 Å². The van der Waals surface area contributed by atoms with E-state index in [2.05, 4.69) is 20.8 Å². The molecule has 10 heavy (non-hydrogen) atoms. The standard InChI is InChI=1S/C9H18O/c1-5-8(10)6-7-9(2,3)4/h6-8,10H,5H2,1-4H3/t8-/m1/s1. The fraction of sp³-hybridized carbons (Fsp3) is 0.778. The maximum Gasteiger partial charge on any atom is 0.0718 e. The largest absolute Gasteiger partial charge is 0.389 e. The van der Waals surface area contributed by atoms with Gasteiger partial charge in [0, 0.05) is 0 Å². The van der Waals surface area contributed by atoms with E-state index < -0.39 is 0 Å². The lowest BCUT2D eigenvalue weighted by Crippen LogP contribution is -2.04. The Balaban J connectivity index is 3.75. The molecule has 1 N–H and O–H groups in total. The van der Waals surface area contributed by atoms with Crippen LogP contribution in [0.4, 0.5) is 0 Å². The minimum Gasteiger partial charge on any atom is -0.389 e. The molecule has 1 heteroatoms. The van der Waals surface area contributed by atoms with Gasteiger partial charge in [-0.15, -0.1) is 0 Å². The molecule has 0 saturated heterocycles. The zero-order chi connectivity index (χ0) is 8.20. The summed E-state index contributed by atoms with van der Waals surface area (Å²) in [6.07, 6.45) is 4.44. The average molecular weight is 142 g/mol. The summed E-state index contributed by atoms with van der Waals surface area (Å²) >= 11 is 0. The molecule has 0 radical (unpaired) electrons. The number of rotatable bonds is 2. The lowest BCUT2D eigenvalue weighted by molar-refractivity contribution is 0.217. The molecule has 60 valence electrons. The van der Waals surface area contributed by atoms with Crippen molar-refractivity contribution in [2.24, 2.45) is 5.41 Å². The highest BCUT2D eigenvalue weighted by atomic mass is 16.3. The highest BCUT2D eigenvalue weighted by Crippen LogP contribution is 2.14. The van der Waals surface area contributed by atoms with Gasteiger partial charge in [0.15, 0.2) is 0 Å². The molecule has 0 bridgehead atoms. The maximum atomic E-state index is 9.13. The molecule has 0 aromatic rings. The third-order valence-electron chi connectivity index (χ3n) is 1.24. The van der Waals surface area contributed by atoms with E-state index in [9.17, 15) is 0 Å². The minimum absolute atomic E-state index is 0.191. The van der Waals surface area contributed by atoms with Crippen LogP contribution in [0.5, 0.6) is 0 Å². The van der Waals surface area contributed by atoms with Crippen molar-refractivity contribution in [1.82, 2.24) is 0 Å². The first-order valence-electron chi connectivity index (χ1n) is 3.83. The van der Waals surface area contributed by atoms with Crippen molar-refractivity contribution in [1.29, 1.82) is 0 Å². The third-order valence-corrected chi connectivity index (χ3v) is 1.24. The first-order valence-corrected chi connectivity index (χ1v) is 3.83. The molecule has 0 rings (SSSR count). The van der Waals surface area contributed by atoms with Gasteiger partial charge in [0.05, 0.1) is 6.10 Å². The minimum atomic E-state index is -0.265. The number of hydrogen-bond acceptors (Lipinski definition) is 1. The number of allylic oxidation sites excluding steroid dienone is 1. The van der Waals surface area contributed by atoms with E-state index in [-0.39, 0.29) is 11.5 Å². The van der Waals surface area contributed by atoms with E-state index in [0.717, 1.165) is 6.42 Å². The Bertz CT molecular complexity index is 108. The van der Waals surface area contributed by atoms with Crippen LogP contribution in [0.15, 0.2) is 12.2 Å². The second-order valence-electron chi connectivity index (χ2n) is 3.70. The third kappa shape index (κ3) is 5.83. The summed E-state index contributed by atoms with van der Waals surface area (Å²) in [6, 6.07) is 0. The van der Waals surface area contributed by atoms with Gasteiger partial charge in [-0.3, -0.25) is 0 Å². The SMILES string of the molecule is CC[C@@H](O)C=CC(C)(C)C. The van der Waals surface area contributed by atoms with Gasteiger partial charge in [-0.25, -0.2) is 0 Å². The van der Waals surface area contributed by atoms with Crippen LogP contribution >= 0.6 is 0 Å². The van der Waals surface area contributed by atoms with Crippen molar-refractivity contribution in [3.8, 4) is 0 Å². The topological polar surface area (TPSA) is 20.2 Å². The summed E-state index contributed by atoms with van der Waals surface area (Å²) in [7, 11) is 0. The summed E-state index contributed by atoms with van der Waals surface area (Å²) in [5.74, 6) is 0. The quantitative estimate of drug-likeness (QED) is 0.587. The molecule has 0 unspecified atom stereocenters. The van der Waals surface area contributed by atoms with E-state index in [4.69, 9.17) is 5.11 Å². The molecule has 0 aromatic heterocycles.